The van der Waals surface area contributed by atoms with Crippen LogP contribution in [0.15, 0.2) is 10.7 Å². The van der Waals surface area contributed by atoms with E-state index in [0.717, 1.165) is 36.2 Å². The Bertz CT molecular complexity index is 388. The van der Waals surface area contributed by atoms with Crippen LogP contribution in [0.2, 0.25) is 0 Å². The van der Waals surface area contributed by atoms with E-state index in [1.165, 1.54) is 0 Å². The van der Waals surface area contributed by atoms with Crippen molar-refractivity contribution in [3.63, 3.8) is 0 Å². The van der Waals surface area contributed by atoms with E-state index in [-0.39, 0.29) is 0 Å². The lowest BCUT2D eigenvalue weighted by Gasteiger charge is -2.25. The second-order valence-electron chi connectivity index (χ2n) is 5.69. The lowest BCUT2D eigenvalue weighted by molar-refractivity contribution is 0.0376. The maximum atomic E-state index is 10.7. The number of nitrogens with zero attached hydrogens (tertiary/aromatic N) is 2. The van der Waals surface area contributed by atoms with Crippen molar-refractivity contribution in [2.24, 2.45) is 5.92 Å². The van der Waals surface area contributed by atoms with Crippen LogP contribution in [-0.2, 0) is 12.1 Å². The van der Waals surface area contributed by atoms with Crippen molar-refractivity contribution in [2.75, 3.05) is 13.1 Å². The highest BCUT2D eigenvalue weighted by atomic mass is 79.9. The molecule has 1 heterocycles. The van der Waals surface area contributed by atoms with Crippen molar-refractivity contribution in [2.45, 2.75) is 52.7 Å². The second kappa shape index (κ2) is 7.41. The molecule has 1 aromatic rings. The third-order valence-electron chi connectivity index (χ3n) is 3.08. The van der Waals surface area contributed by atoms with Crippen molar-refractivity contribution in [3.8, 4) is 0 Å². The summed E-state index contributed by atoms with van der Waals surface area (Å²) in [6.45, 7) is 10.9. The van der Waals surface area contributed by atoms with E-state index < -0.39 is 5.60 Å². The molecule has 110 valence electrons. The van der Waals surface area contributed by atoms with E-state index in [4.69, 9.17) is 0 Å². The topological polar surface area (TPSA) is 50.1 Å². The molecule has 0 aromatic carbocycles. The van der Waals surface area contributed by atoms with E-state index >= 15 is 0 Å². The van der Waals surface area contributed by atoms with Gasteiger partial charge in [-0.25, -0.2) is 0 Å². The van der Waals surface area contributed by atoms with E-state index in [0.29, 0.717) is 12.3 Å². The Morgan fingerprint density at radius 3 is 2.79 bits per heavy atom. The lowest BCUT2D eigenvalue weighted by atomic mass is 9.97. The quantitative estimate of drug-likeness (QED) is 0.720. The molecule has 0 aliphatic rings. The van der Waals surface area contributed by atoms with Gasteiger partial charge in [0.1, 0.15) is 5.60 Å². The molecule has 0 radical (unpaired) electrons. The summed E-state index contributed by atoms with van der Waals surface area (Å²) in [6.07, 6.45) is 3.44. The summed E-state index contributed by atoms with van der Waals surface area (Å²) in [5, 5.41) is 18.4. The average molecular weight is 332 g/mol. The second-order valence-corrected chi connectivity index (χ2v) is 6.54. The Kier molecular flexibility index (Phi) is 6.50. The predicted molar refractivity (Wildman–Crippen MR) is 82.1 cm³/mol. The number of aliphatic hydroxyl groups is 1. The molecule has 0 aliphatic carbocycles. The fourth-order valence-corrected chi connectivity index (χ4v) is 2.84. The summed E-state index contributed by atoms with van der Waals surface area (Å²) in [7, 11) is 0. The monoisotopic (exact) mass is 331 g/mol. The van der Waals surface area contributed by atoms with Gasteiger partial charge in [0.15, 0.2) is 0 Å². The third kappa shape index (κ3) is 4.89. The van der Waals surface area contributed by atoms with Gasteiger partial charge in [0, 0.05) is 6.54 Å². The Morgan fingerprint density at radius 1 is 1.53 bits per heavy atom. The number of hydrogen-bond donors (Lipinski definition) is 2. The fourth-order valence-electron chi connectivity index (χ4n) is 2.12. The molecule has 19 heavy (non-hydrogen) atoms. The van der Waals surface area contributed by atoms with Crippen LogP contribution in [0.25, 0.3) is 0 Å². The molecule has 0 amide bonds. The van der Waals surface area contributed by atoms with Gasteiger partial charge in [0.25, 0.3) is 0 Å². The van der Waals surface area contributed by atoms with E-state index in [1.54, 1.807) is 6.20 Å². The van der Waals surface area contributed by atoms with E-state index in [2.05, 4.69) is 47.1 Å². The standard InChI is InChI=1S/C14H26BrN3O/c1-5-8-18-13(12(15)10-17-18)14(4,19)6-7-16-9-11(2)3/h10-11,16,19H,5-9H2,1-4H3. The number of nitrogens with one attached hydrogen (secondary N) is 1. The molecule has 5 heteroatoms. The summed E-state index contributed by atoms with van der Waals surface area (Å²) in [4.78, 5) is 0. The highest BCUT2D eigenvalue weighted by Gasteiger charge is 2.29. The van der Waals surface area contributed by atoms with Crippen molar-refractivity contribution in [1.29, 1.82) is 0 Å². The van der Waals surface area contributed by atoms with Crippen LogP contribution in [0.4, 0.5) is 0 Å². The number of aromatic nitrogens is 2. The summed E-state index contributed by atoms with van der Waals surface area (Å²) in [6, 6.07) is 0. The zero-order valence-corrected chi connectivity index (χ0v) is 14.0. The Morgan fingerprint density at radius 2 is 2.21 bits per heavy atom. The van der Waals surface area contributed by atoms with Gasteiger partial charge in [0.2, 0.25) is 0 Å². The highest BCUT2D eigenvalue weighted by molar-refractivity contribution is 9.10. The van der Waals surface area contributed by atoms with Crippen molar-refractivity contribution in [3.05, 3.63) is 16.4 Å². The summed E-state index contributed by atoms with van der Waals surface area (Å²) in [5.74, 6) is 0.627. The van der Waals surface area contributed by atoms with Crippen LogP contribution in [0, 0.1) is 5.92 Å². The number of rotatable bonds is 8. The summed E-state index contributed by atoms with van der Waals surface area (Å²) in [5.41, 5.74) is 0.00906. The molecule has 0 spiro atoms. The zero-order valence-electron chi connectivity index (χ0n) is 12.4. The van der Waals surface area contributed by atoms with Crippen LogP contribution in [0.3, 0.4) is 0 Å². The number of aryl methyl sites for hydroxylation is 1. The molecule has 0 saturated heterocycles. The van der Waals surface area contributed by atoms with Crippen LogP contribution >= 0.6 is 15.9 Å². The highest BCUT2D eigenvalue weighted by Crippen LogP contribution is 2.30. The van der Waals surface area contributed by atoms with Gasteiger partial charge in [-0.3, -0.25) is 4.68 Å². The molecule has 2 N–H and O–H groups in total. The number of halogens is 1. The molecular weight excluding hydrogens is 306 g/mol. The molecule has 1 rings (SSSR count). The Hall–Kier alpha value is -0.390. The van der Waals surface area contributed by atoms with Gasteiger partial charge in [-0.1, -0.05) is 20.8 Å². The summed E-state index contributed by atoms with van der Waals surface area (Å²) >= 11 is 3.49. The number of hydrogen-bond acceptors (Lipinski definition) is 3. The third-order valence-corrected chi connectivity index (χ3v) is 3.66. The predicted octanol–water partition coefficient (Wildman–Crippen LogP) is 2.90. The largest absolute Gasteiger partial charge is 0.384 e. The first-order valence-corrected chi connectivity index (χ1v) is 7.82. The van der Waals surface area contributed by atoms with Gasteiger partial charge in [0.05, 0.1) is 16.4 Å². The van der Waals surface area contributed by atoms with Crippen molar-refractivity contribution < 1.29 is 5.11 Å². The van der Waals surface area contributed by atoms with Gasteiger partial charge < -0.3 is 10.4 Å². The molecule has 1 aromatic heterocycles. The SMILES string of the molecule is CCCn1ncc(Br)c1C(C)(O)CCNCC(C)C. The normalized spacial score (nSPS) is 14.9. The fraction of sp³-hybridized carbons (Fsp3) is 0.786. The molecule has 1 unspecified atom stereocenters. The van der Waals surface area contributed by atoms with Crippen molar-refractivity contribution in [1.82, 2.24) is 15.1 Å². The van der Waals surface area contributed by atoms with Gasteiger partial charge in [-0.05, 0) is 54.7 Å². The van der Waals surface area contributed by atoms with Gasteiger partial charge >= 0.3 is 0 Å². The average Bonchev–Trinajstić information content (AvgIpc) is 2.67. The molecule has 4 nitrogen and oxygen atoms in total. The van der Waals surface area contributed by atoms with E-state index in [1.807, 2.05) is 11.6 Å². The molecule has 0 fully saturated rings. The minimum atomic E-state index is -0.867. The molecule has 0 saturated carbocycles. The molecule has 0 aliphatic heterocycles. The van der Waals surface area contributed by atoms with Gasteiger partial charge in [-0.15, -0.1) is 0 Å². The van der Waals surface area contributed by atoms with E-state index in [9.17, 15) is 5.11 Å². The van der Waals surface area contributed by atoms with Gasteiger partial charge in [-0.2, -0.15) is 5.10 Å². The molecule has 1 atom stereocenters. The first-order valence-electron chi connectivity index (χ1n) is 7.03. The first kappa shape index (κ1) is 16.7. The van der Waals surface area contributed by atoms with Crippen LogP contribution in [0.1, 0.15) is 46.2 Å². The maximum Gasteiger partial charge on any atom is 0.106 e. The Labute approximate surface area is 124 Å². The van der Waals surface area contributed by atoms with Crippen LogP contribution < -0.4 is 5.32 Å². The zero-order chi connectivity index (χ0) is 14.5. The van der Waals surface area contributed by atoms with Crippen molar-refractivity contribution >= 4 is 15.9 Å². The minimum absolute atomic E-state index is 0.627. The minimum Gasteiger partial charge on any atom is -0.384 e. The Balaban J connectivity index is 2.67. The summed E-state index contributed by atoms with van der Waals surface area (Å²) < 4.78 is 2.78. The lowest BCUT2D eigenvalue weighted by Crippen LogP contribution is -2.32. The molecular formula is C14H26BrN3O. The van der Waals surface area contributed by atoms with Crippen LogP contribution in [0.5, 0.6) is 0 Å². The smallest absolute Gasteiger partial charge is 0.106 e. The van der Waals surface area contributed by atoms with Crippen LogP contribution in [-0.4, -0.2) is 28.0 Å². The maximum absolute atomic E-state index is 10.7. The first-order chi connectivity index (χ1) is 8.88. The molecule has 0 bridgehead atoms.